The number of halogens is 3. The Morgan fingerprint density at radius 1 is 1.17 bits per heavy atom. The van der Waals surface area contributed by atoms with Crippen LogP contribution in [0.2, 0.25) is 0 Å². The highest BCUT2D eigenvalue weighted by Crippen LogP contribution is 2.52. The van der Waals surface area contributed by atoms with E-state index in [4.69, 9.17) is 0 Å². The third-order valence-electron chi connectivity index (χ3n) is 5.63. The lowest BCUT2D eigenvalue weighted by Gasteiger charge is -2.50. The fraction of sp³-hybridized carbons (Fsp3) is 0.556. The lowest BCUT2D eigenvalue weighted by molar-refractivity contribution is -0.274. The second-order valence-corrected chi connectivity index (χ2v) is 9.50. The average Bonchev–Trinajstić information content (AvgIpc) is 2.60. The molecule has 4 rings (SSSR count). The van der Waals surface area contributed by atoms with Crippen molar-refractivity contribution in [2.24, 2.45) is 5.41 Å². The molecule has 11 heteroatoms. The van der Waals surface area contributed by atoms with Gasteiger partial charge in [0.2, 0.25) is 10.0 Å². The Morgan fingerprint density at radius 2 is 1.76 bits per heavy atom. The van der Waals surface area contributed by atoms with Crippen LogP contribution >= 0.6 is 0 Å². The van der Waals surface area contributed by atoms with Crippen molar-refractivity contribution >= 4 is 21.6 Å². The number of amides is 1. The largest absolute Gasteiger partial charge is 0.573 e. The Bertz CT molecular complexity index is 945. The van der Waals surface area contributed by atoms with Crippen LogP contribution in [0, 0.1) is 16.7 Å². The van der Waals surface area contributed by atoms with E-state index in [1.165, 1.54) is 0 Å². The first-order valence-electron chi connectivity index (χ1n) is 8.96. The predicted molar refractivity (Wildman–Crippen MR) is 97.5 cm³/mol. The van der Waals surface area contributed by atoms with E-state index in [2.05, 4.69) is 20.8 Å². The van der Waals surface area contributed by atoms with Crippen molar-refractivity contribution in [1.82, 2.24) is 5.32 Å². The van der Waals surface area contributed by atoms with Crippen LogP contribution in [0.25, 0.3) is 0 Å². The number of carbonyl (C=O) groups is 1. The molecule has 2 bridgehead atoms. The van der Waals surface area contributed by atoms with Gasteiger partial charge in [0.1, 0.15) is 5.75 Å². The maximum Gasteiger partial charge on any atom is 0.573 e. The molecule has 0 unspecified atom stereocenters. The minimum absolute atomic E-state index is 0.109. The smallest absolute Gasteiger partial charge is 0.406 e. The van der Waals surface area contributed by atoms with Crippen molar-refractivity contribution in [3.8, 4) is 11.8 Å². The zero-order valence-electron chi connectivity index (χ0n) is 15.6. The zero-order valence-corrected chi connectivity index (χ0v) is 16.4. The van der Waals surface area contributed by atoms with E-state index >= 15 is 0 Å². The fourth-order valence-corrected chi connectivity index (χ4v) is 4.62. The Morgan fingerprint density at radius 3 is 2.24 bits per heavy atom. The van der Waals surface area contributed by atoms with Crippen molar-refractivity contribution < 1.29 is 31.1 Å². The Balaban J connectivity index is 1.85. The number of hydrogen-bond donors (Lipinski definition) is 2. The minimum atomic E-state index is -4.96. The SMILES string of the molecule is CS(=O)(=O)Nc1cc(OC(F)(F)F)ccc1C(=O)NC12CCC(C#N)(CC1)CC2. The van der Waals surface area contributed by atoms with E-state index in [9.17, 15) is 31.6 Å². The standard InChI is InChI=1S/C18H20F3N3O4S/c1-29(26,27)24-14-10-12(28-18(19,20)21)2-3-13(14)15(25)23-17-7-4-16(11-22,5-8-17)6-9-17/h2-3,10,24H,4-9H2,1H3,(H,23,25). The van der Waals surface area contributed by atoms with Crippen LogP contribution in [0.3, 0.4) is 0 Å². The van der Waals surface area contributed by atoms with Gasteiger partial charge in [-0.15, -0.1) is 13.2 Å². The summed E-state index contributed by atoms with van der Waals surface area (Å²) in [6.07, 6.45) is -0.274. The van der Waals surface area contributed by atoms with Gasteiger partial charge in [0, 0.05) is 11.6 Å². The summed E-state index contributed by atoms with van der Waals surface area (Å²) in [6.45, 7) is 0. The summed E-state index contributed by atoms with van der Waals surface area (Å²) in [7, 11) is -3.85. The highest BCUT2D eigenvalue weighted by atomic mass is 32.2. The molecule has 7 nitrogen and oxygen atoms in total. The highest BCUT2D eigenvalue weighted by Gasteiger charge is 2.49. The van der Waals surface area contributed by atoms with Crippen LogP contribution in [0.5, 0.6) is 5.75 Å². The lowest BCUT2D eigenvalue weighted by Crippen LogP contribution is -2.56. The molecule has 3 aliphatic carbocycles. The van der Waals surface area contributed by atoms with Gasteiger partial charge in [0.25, 0.3) is 5.91 Å². The third-order valence-corrected chi connectivity index (χ3v) is 6.22. The molecule has 3 aliphatic rings. The molecule has 3 fully saturated rings. The molecular weight excluding hydrogens is 411 g/mol. The molecule has 0 aliphatic heterocycles. The number of nitrogens with one attached hydrogen (secondary N) is 2. The molecule has 1 aromatic carbocycles. The number of alkyl halides is 3. The molecular formula is C18H20F3N3O4S. The van der Waals surface area contributed by atoms with Crippen molar-refractivity contribution in [3.63, 3.8) is 0 Å². The number of fused-ring (bicyclic) bond motifs is 3. The van der Waals surface area contributed by atoms with E-state index in [0.29, 0.717) is 38.5 Å². The number of carbonyl (C=O) groups excluding carboxylic acids is 1. The number of rotatable bonds is 5. The molecule has 0 aromatic heterocycles. The molecule has 2 N–H and O–H groups in total. The van der Waals surface area contributed by atoms with Gasteiger partial charge in [-0.1, -0.05) is 0 Å². The van der Waals surface area contributed by atoms with Crippen LogP contribution < -0.4 is 14.8 Å². The van der Waals surface area contributed by atoms with Crippen molar-refractivity contribution in [2.45, 2.75) is 50.4 Å². The van der Waals surface area contributed by atoms with E-state index < -0.39 is 33.6 Å². The summed E-state index contributed by atoms with van der Waals surface area (Å²) < 4.78 is 66.6. The second kappa shape index (κ2) is 7.09. The molecule has 3 saturated carbocycles. The number of nitriles is 1. The fourth-order valence-electron chi connectivity index (χ4n) is 4.05. The van der Waals surface area contributed by atoms with Crippen LogP contribution in [0.15, 0.2) is 18.2 Å². The monoisotopic (exact) mass is 431 g/mol. The van der Waals surface area contributed by atoms with Gasteiger partial charge < -0.3 is 10.1 Å². The molecule has 1 amide bonds. The van der Waals surface area contributed by atoms with Crippen LogP contribution in [-0.4, -0.2) is 32.5 Å². The van der Waals surface area contributed by atoms with E-state index in [0.717, 1.165) is 24.5 Å². The summed E-state index contributed by atoms with van der Waals surface area (Å²) >= 11 is 0. The van der Waals surface area contributed by atoms with Crippen molar-refractivity contribution in [1.29, 1.82) is 5.26 Å². The number of ether oxygens (including phenoxy) is 1. The predicted octanol–water partition coefficient (Wildman–Crippen LogP) is 3.30. The number of anilines is 1. The first kappa shape index (κ1) is 21.2. The maximum absolute atomic E-state index is 12.9. The summed E-state index contributed by atoms with van der Waals surface area (Å²) in [6, 6.07) is 5.24. The summed E-state index contributed by atoms with van der Waals surface area (Å²) in [4.78, 5) is 12.9. The summed E-state index contributed by atoms with van der Waals surface area (Å²) in [5, 5.41) is 12.3. The quantitative estimate of drug-likeness (QED) is 0.744. The number of hydrogen-bond acceptors (Lipinski definition) is 5. The van der Waals surface area contributed by atoms with Gasteiger partial charge >= 0.3 is 6.36 Å². The van der Waals surface area contributed by atoms with Gasteiger partial charge in [-0.05, 0) is 50.7 Å². The van der Waals surface area contributed by atoms with Gasteiger partial charge in [-0.2, -0.15) is 5.26 Å². The molecule has 0 atom stereocenters. The molecule has 158 valence electrons. The molecule has 0 heterocycles. The summed E-state index contributed by atoms with van der Waals surface area (Å²) in [5.74, 6) is -1.24. The van der Waals surface area contributed by atoms with E-state index in [-0.39, 0.29) is 16.7 Å². The van der Waals surface area contributed by atoms with E-state index in [1.54, 1.807) is 0 Å². The Hall–Kier alpha value is -2.48. The minimum Gasteiger partial charge on any atom is -0.406 e. The molecule has 0 saturated heterocycles. The Labute approximate surface area is 166 Å². The second-order valence-electron chi connectivity index (χ2n) is 7.76. The zero-order chi connectivity index (χ0) is 21.5. The van der Waals surface area contributed by atoms with Gasteiger partial charge in [-0.3, -0.25) is 9.52 Å². The van der Waals surface area contributed by atoms with Gasteiger partial charge in [0.05, 0.1) is 29.0 Å². The van der Waals surface area contributed by atoms with E-state index in [1.807, 2.05) is 0 Å². The first-order valence-corrected chi connectivity index (χ1v) is 10.8. The van der Waals surface area contributed by atoms with Gasteiger partial charge in [-0.25, -0.2) is 8.42 Å². The topological polar surface area (TPSA) is 108 Å². The lowest BCUT2D eigenvalue weighted by atomic mass is 9.58. The number of sulfonamides is 1. The van der Waals surface area contributed by atoms with Crippen molar-refractivity contribution in [2.75, 3.05) is 11.0 Å². The average molecular weight is 431 g/mol. The van der Waals surface area contributed by atoms with Crippen LogP contribution in [0.4, 0.5) is 18.9 Å². The van der Waals surface area contributed by atoms with Crippen LogP contribution in [-0.2, 0) is 10.0 Å². The number of nitrogens with zero attached hydrogens (tertiary/aromatic N) is 1. The molecule has 0 radical (unpaired) electrons. The summed E-state index contributed by atoms with van der Waals surface area (Å²) in [5.41, 5.74) is -1.26. The first-order chi connectivity index (χ1) is 13.3. The van der Waals surface area contributed by atoms with Gasteiger partial charge in [0.15, 0.2) is 0 Å². The third kappa shape index (κ3) is 4.93. The molecule has 1 aromatic rings. The Kier molecular flexibility index (Phi) is 5.19. The molecule has 0 spiro atoms. The molecule has 29 heavy (non-hydrogen) atoms. The maximum atomic E-state index is 12.9. The highest BCUT2D eigenvalue weighted by molar-refractivity contribution is 7.92. The van der Waals surface area contributed by atoms with Crippen molar-refractivity contribution in [3.05, 3.63) is 23.8 Å². The number of benzene rings is 1. The normalized spacial score (nSPS) is 26.4. The van der Waals surface area contributed by atoms with Crippen LogP contribution in [0.1, 0.15) is 48.9 Å².